The summed E-state index contributed by atoms with van der Waals surface area (Å²) in [5, 5.41) is 8.90. The van der Waals surface area contributed by atoms with Crippen molar-refractivity contribution in [1.82, 2.24) is 0 Å². The third kappa shape index (κ3) is 3.87. The van der Waals surface area contributed by atoms with Crippen LogP contribution in [0.2, 0.25) is 0 Å². The SMILES string of the molecule is C=CC(=O)OCCc1ccccc1CCO. The van der Waals surface area contributed by atoms with E-state index in [1.807, 2.05) is 24.3 Å². The van der Waals surface area contributed by atoms with Gasteiger partial charge in [-0.15, -0.1) is 0 Å². The molecule has 0 spiro atoms. The minimum atomic E-state index is -0.403. The molecule has 0 aliphatic rings. The highest BCUT2D eigenvalue weighted by Gasteiger charge is 2.02. The lowest BCUT2D eigenvalue weighted by Crippen LogP contribution is -2.06. The standard InChI is InChI=1S/C13H16O3/c1-2-13(15)16-10-8-12-6-4-3-5-11(12)7-9-14/h2-6,14H,1,7-10H2. The van der Waals surface area contributed by atoms with E-state index in [0.717, 1.165) is 17.2 Å². The predicted molar refractivity (Wildman–Crippen MR) is 62.1 cm³/mol. The van der Waals surface area contributed by atoms with E-state index >= 15 is 0 Å². The normalized spacial score (nSPS) is 9.81. The van der Waals surface area contributed by atoms with Crippen LogP contribution in [0.15, 0.2) is 36.9 Å². The van der Waals surface area contributed by atoms with E-state index in [1.54, 1.807) is 0 Å². The summed E-state index contributed by atoms with van der Waals surface area (Å²) in [7, 11) is 0. The molecule has 0 atom stereocenters. The van der Waals surface area contributed by atoms with Crippen LogP contribution in [-0.2, 0) is 22.4 Å². The molecular formula is C13H16O3. The van der Waals surface area contributed by atoms with Gasteiger partial charge in [0.05, 0.1) is 6.61 Å². The number of carbonyl (C=O) groups excluding carboxylic acids is 1. The highest BCUT2D eigenvalue weighted by atomic mass is 16.5. The van der Waals surface area contributed by atoms with Gasteiger partial charge in [0.25, 0.3) is 0 Å². The number of rotatable bonds is 6. The Morgan fingerprint density at radius 3 is 2.50 bits per heavy atom. The van der Waals surface area contributed by atoms with Crippen molar-refractivity contribution in [1.29, 1.82) is 0 Å². The number of benzene rings is 1. The molecule has 0 saturated carbocycles. The van der Waals surface area contributed by atoms with E-state index in [2.05, 4.69) is 6.58 Å². The van der Waals surface area contributed by atoms with Gasteiger partial charge in [0.15, 0.2) is 0 Å². The monoisotopic (exact) mass is 220 g/mol. The van der Waals surface area contributed by atoms with Crippen molar-refractivity contribution in [3.8, 4) is 0 Å². The van der Waals surface area contributed by atoms with E-state index in [1.165, 1.54) is 0 Å². The first kappa shape index (κ1) is 12.5. The largest absolute Gasteiger partial charge is 0.462 e. The Labute approximate surface area is 95.4 Å². The summed E-state index contributed by atoms with van der Waals surface area (Å²) in [5.41, 5.74) is 2.20. The van der Waals surface area contributed by atoms with Crippen LogP contribution < -0.4 is 0 Å². The highest BCUT2D eigenvalue weighted by Crippen LogP contribution is 2.10. The van der Waals surface area contributed by atoms with Crippen LogP contribution >= 0.6 is 0 Å². The van der Waals surface area contributed by atoms with Gasteiger partial charge in [0, 0.05) is 19.1 Å². The van der Waals surface area contributed by atoms with Crippen LogP contribution in [0, 0.1) is 0 Å². The van der Waals surface area contributed by atoms with E-state index in [4.69, 9.17) is 9.84 Å². The maximum Gasteiger partial charge on any atom is 0.330 e. The van der Waals surface area contributed by atoms with Gasteiger partial charge in [-0.1, -0.05) is 30.8 Å². The Kier molecular flexibility index (Phi) is 5.29. The Morgan fingerprint density at radius 2 is 1.94 bits per heavy atom. The molecule has 0 amide bonds. The third-order valence-electron chi connectivity index (χ3n) is 2.28. The first-order valence-corrected chi connectivity index (χ1v) is 5.24. The molecule has 0 aliphatic heterocycles. The van der Waals surface area contributed by atoms with Gasteiger partial charge >= 0.3 is 5.97 Å². The molecule has 0 radical (unpaired) electrons. The fourth-order valence-electron chi connectivity index (χ4n) is 1.49. The lowest BCUT2D eigenvalue weighted by atomic mass is 10.0. The molecule has 0 unspecified atom stereocenters. The highest BCUT2D eigenvalue weighted by molar-refractivity contribution is 5.81. The number of ether oxygens (including phenoxy) is 1. The second-order valence-electron chi connectivity index (χ2n) is 3.36. The topological polar surface area (TPSA) is 46.5 Å². The van der Waals surface area contributed by atoms with Gasteiger partial charge in [0.2, 0.25) is 0 Å². The first-order chi connectivity index (χ1) is 7.77. The maximum atomic E-state index is 10.8. The quantitative estimate of drug-likeness (QED) is 0.583. The van der Waals surface area contributed by atoms with E-state index < -0.39 is 5.97 Å². The van der Waals surface area contributed by atoms with Gasteiger partial charge in [-0.3, -0.25) is 0 Å². The van der Waals surface area contributed by atoms with Crippen LogP contribution in [0.3, 0.4) is 0 Å². The molecule has 0 fully saturated rings. The second-order valence-corrected chi connectivity index (χ2v) is 3.36. The Morgan fingerprint density at radius 1 is 1.31 bits per heavy atom. The molecule has 1 aromatic carbocycles. The van der Waals surface area contributed by atoms with Gasteiger partial charge in [0.1, 0.15) is 0 Å². The molecule has 0 saturated heterocycles. The number of aliphatic hydroxyl groups excluding tert-OH is 1. The molecule has 3 nitrogen and oxygen atoms in total. The van der Waals surface area contributed by atoms with Crippen molar-refractivity contribution in [2.45, 2.75) is 12.8 Å². The average molecular weight is 220 g/mol. The zero-order chi connectivity index (χ0) is 11.8. The summed E-state index contributed by atoms with van der Waals surface area (Å²) < 4.78 is 4.91. The summed E-state index contributed by atoms with van der Waals surface area (Å²) in [5.74, 6) is -0.403. The third-order valence-corrected chi connectivity index (χ3v) is 2.28. The summed E-state index contributed by atoms with van der Waals surface area (Å²) in [6.07, 6.45) is 2.45. The lowest BCUT2D eigenvalue weighted by molar-refractivity contribution is -0.137. The van der Waals surface area contributed by atoms with Crippen LogP contribution in [-0.4, -0.2) is 24.3 Å². The van der Waals surface area contributed by atoms with E-state index in [9.17, 15) is 4.79 Å². The van der Waals surface area contributed by atoms with Crippen molar-refractivity contribution in [2.75, 3.05) is 13.2 Å². The van der Waals surface area contributed by atoms with Crippen molar-refractivity contribution < 1.29 is 14.6 Å². The molecule has 0 bridgehead atoms. The number of hydrogen-bond acceptors (Lipinski definition) is 3. The molecule has 1 rings (SSSR count). The molecule has 1 aromatic rings. The lowest BCUT2D eigenvalue weighted by Gasteiger charge is -2.08. The number of esters is 1. The fraction of sp³-hybridized carbons (Fsp3) is 0.308. The second kappa shape index (κ2) is 6.80. The smallest absolute Gasteiger partial charge is 0.330 e. The summed E-state index contributed by atoms with van der Waals surface area (Å²) in [6, 6.07) is 7.82. The molecule has 86 valence electrons. The molecule has 0 heterocycles. The summed E-state index contributed by atoms with van der Waals surface area (Å²) in [6.45, 7) is 3.79. The minimum Gasteiger partial charge on any atom is -0.462 e. The molecule has 16 heavy (non-hydrogen) atoms. The first-order valence-electron chi connectivity index (χ1n) is 5.24. The van der Waals surface area contributed by atoms with Crippen LogP contribution in [0.1, 0.15) is 11.1 Å². The van der Waals surface area contributed by atoms with Crippen molar-refractivity contribution in [3.05, 3.63) is 48.0 Å². The van der Waals surface area contributed by atoms with Gasteiger partial charge in [-0.2, -0.15) is 0 Å². The molecular weight excluding hydrogens is 204 g/mol. The fourth-order valence-corrected chi connectivity index (χ4v) is 1.49. The Balaban J connectivity index is 2.52. The summed E-state index contributed by atoms with van der Waals surface area (Å²) in [4.78, 5) is 10.8. The van der Waals surface area contributed by atoms with Gasteiger partial charge in [-0.05, 0) is 17.5 Å². The Hall–Kier alpha value is -1.61. The van der Waals surface area contributed by atoms with Crippen molar-refractivity contribution in [2.24, 2.45) is 0 Å². The van der Waals surface area contributed by atoms with Crippen LogP contribution in [0.25, 0.3) is 0 Å². The molecule has 1 N–H and O–H groups in total. The van der Waals surface area contributed by atoms with Crippen molar-refractivity contribution >= 4 is 5.97 Å². The van der Waals surface area contributed by atoms with Crippen LogP contribution in [0.4, 0.5) is 0 Å². The minimum absolute atomic E-state index is 0.128. The Bertz CT molecular complexity index is 358. The van der Waals surface area contributed by atoms with Crippen LogP contribution in [0.5, 0.6) is 0 Å². The van der Waals surface area contributed by atoms with E-state index in [-0.39, 0.29) is 6.61 Å². The molecule has 0 aromatic heterocycles. The number of carbonyl (C=O) groups is 1. The van der Waals surface area contributed by atoms with Gasteiger partial charge < -0.3 is 9.84 Å². The molecule has 0 aliphatic carbocycles. The number of aliphatic hydroxyl groups is 1. The van der Waals surface area contributed by atoms with E-state index in [0.29, 0.717) is 19.4 Å². The maximum absolute atomic E-state index is 10.8. The van der Waals surface area contributed by atoms with Crippen molar-refractivity contribution in [3.63, 3.8) is 0 Å². The number of hydrogen-bond donors (Lipinski definition) is 1. The zero-order valence-electron chi connectivity index (χ0n) is 9.19. The predicted octanol–water partition coefficient (Wildman–Crippen LogP) is 1.49. The average Bonchev–Trinajstić information content (AvgIpc) is 2.31. The molecule has 3 heteroatoms. The summed E-state index contributed by atoms with van der Waals surface area (Å²) >= 11 is 0. The van der Waals surface area contributed by atoms with Gasteiger partial charge in [-0.25, -0.2) is 4.79 Å². The zero-order valence-corrected chi connectivity index (χ0v) is 9.19.